The number of carbonyl (C=O) groups is 1. The van der Waals surface area contributed by atoms with Crippen molar-refractivity contribution >= 4 is 28.8 Å². The van der Waals surface area contributed by atoms with Crippen molar-refractivity contribution in [2.75, 3.05) is 18.0 Å². The number of amides is 1. The molecule has 3 rings (SSSR count). The van der Waals surface area contributed by atoms with Crippen molar-refractivity contribution in [2.24, 2.45) is 0 Å². The van der Waals surface area contributed by atoms with Gasteiger partial charge in [-0.3, -0.25) is 10.1 Å². The zero-order chi connectivity index (χ0) is 18.9. The molecule has 2 N–H and O–H groups in total. The van der Waals surface area contributed by atoms with Gasteiger partial charge in [0.2, 0.25) is 5.95 Å². The Kier molecular flexibility index (Phi) is 4.71. The molecule has 2 aromatic rings. The molecule has 0 aliphatic carbocycles. The zero-order valence-electron chi connectivity index (χ0n) is 15.1. The van der Waals surface area contributed by atoms with Crippen LogP contribution in [-0.4, -0.2) is 45.7 Å². The molecule has 1 amide bonds. The van der Waals surface area contributed by atoms with Gasteiger partial charge in [-0.25, -0.2) is 9.78 Å². The number of nitro groups is 1. The molecule has 0 bridgehead atoms. The first-order valence-electron chi connectivity index (χ1n) is 8.60. The Labute approximate surface area is 150 Å². The van der Waals surface area contributed by atoms with Crippen LogP contribution in [0.1, 0.15) is 33.6 Å². The summed E-state index contributed by atoms with van der Waals surface area (Å²) in [4.78, 5) is 32.1. The fourth-order valence-corrected chi connectivity index (χ4v) is 3.01. The van der Waals surface area contributed by atoms with E-state index in [1.807, 2.05) is 25.7 Å². The lowest BCUT2D eigenvalue weighted by molar-refractivity contribution is -0.384. The lowest BCUT2D eigenvalue weighted by atomic mass is 10.1. The SMILES string of the molecule is CC(C)(C)OC(=O)N[C@H]1CCCN(c2nc3ccc([N+](=O)[O-])cc3[nH]2)C1. The number of nitrogens with one attached hydrogen (secondary N) is 2. The Bertz CT molecular complexity index is 826. The lowest BCUT2D eigenvalue weighted by Gasteiger charge is -2.33. The predicted octanol–water partition coefficient (Wildman–Crippen LogP) is 2.96. The number of fused-ring (bicyclic) bond motifs is 1. The van der Waals surface area contributed by atoms with Gasteiger partial charge in [-0.1, -0.05) is 0 Å². The van der Waals surface area contributed by atoms with E-state index in [0.717, 1.165) is 19.4 Å². The van der Waals surface area contributed by atoms with Crippen LogP contribution >= 0.6 is 0 Å². The van der Waals surface area contributed by atoms with Crippen LogP contribution in [0.3, 0.4) is 0 Å². The minimum atomic E-state index is -0.536. The van der Waals surface area contributed by atoms with Gasteiger partial charge in [-0.05, 0) is 39.7 Å². The molecule has 26 heavy (non-hydrogen) atoms. The summed E-state index contributed by atoms with van der Waals surface area (Å²) < 4.78 is 5.31. The molecule has 9 heteroatoms. The van der Waals surface area contributed by atoms with Crippen molar-refractivity contribution in [3.63, 3.8) is 0 Å². The molecule has 0 unspecified atom stereocenters. The molecule has 1 saturated heterocycles. The van der Waals surface area contributed by atoms with Crippen LogP contribution in [0.15, 0.2) is 18.2 Å². The number of piperidine rings is 1. The van der Waals surface area contributed by atoms with E-state index in [0.29, 0.717) is 23.5 Å². The van der Waals surface area contributed by atoms with Gasteiger partial charge in [-0.15, -0.1) is 0 Å². The molecule has 9 nitrogen and oxygen atoms in total. The van der Waals surface area contributed by atoms with Crippen LogP contribution in [0.4, 0.5) is 16.4 Å². The van der Waals surface area contributed by atoms with E-state index >= 15 is 0 Å². The number of non-ortho nitro benzene ring substituents is 1. The second kappa shape index (κ2) is 6.81. The van der Waals surface area contributed by atoms with Gasteiger partial charge in [0.1, 0.15) is 5.60 Å². The smallest absolute Gasteiger partial charge is 0.407 e. The monoisotopic (exact) mass is 361 g/mol. The number of anilines is 1. The van der Waals surface area contributed by atoms with Crippen molar-refractivity contribution in [3.05, 3.63) is 28.3 Å². The number of nitrogens with zero attached hydrogens (tertiary/aromatic N) is 3. The van der Waals surface area contributed by atoms with Crippen LogP contribution in [0, 0.1) is 10.1 Å². The van der Waals surface area contributed by atoms with E-state index < -0.39 is 16.6 Å². The van der Waals surface area contributed by atoms with Gasteiger partial charge in [0.15, 0.2) is 0 Å². The normalized spacial score (nSPS) is 18.0. The molecule has 1 aromatic carbocycles. The van der Waals surface area contributed by atoms with Crippen molar-refractivity contribution in [1.82, 2.24) is 15.3 Å². The zero-order valence-corrected chi connectivity index (χ0v) is 15.1. The molecule has 1 atom stereocenters. The number of alkyl carbamates (subject to hydrolysis) is 1. The Morgan fingerprint density at radius 3 is 2.92 bits per heavy atom. The van der Waals surface area contributed by atoms with Gasteiger partial charge >= 0.3 is 6.09 Å². The number of benzene rings is 1. The van der Waals surface area contributed by atoms with Gasteiger partial charge in [-0.2, -0.15) is 0 Å². The molecule has 0 spiro atoms. The molecule has 1 fully saturated rings. The van der Waals surface area contributed by atoms with Crippen molar-refractivity contribution < 1.29 is 14.5 Å². The lowest BCUT2D eigenvalue weighted by Crippen LogP contribution is -2.49. The number of rotatable bonds is 3. The summed E-state index contributed by atoms with van der Waals surface area (Å²) in [5, 5.41) is 13.8. The number of imidazole rings is 1. The van der Waals surface area contributed by atoms with Crippen LogP contribution in [-0.2, 0) is 4.74 Å². The summed E-state index contributed by atoms with van der Waals surface area (Å²) in [6.45, 7) is 6.88. The number of aromatic amines is 1. The molecule has 1 aliphatic rings. The minimum absolute atomic E-state index is 0.0239. The van der Waals surface area contributed by atoms with Crippen LogP contribution in [0.25, 0.3) is 11.0 Å². The molecule has 1 aliphatic heterocycles. The molecule has 140 valence electrons. The minimum Gasteiger partial charge on any atom is -0.444 e. The summed E-state index contributed by atoms with van der Waals surface area (Å²) in [7, 11) is 0. The number of nitro benzene ring substituents is 1. The van der Waals surface area contributed by atoms with Gasteiger partial charge in [0, 0.05) is 31.3 Å². The standard InChI is InChI=1S/C17H23N5O4/c1-17(2,3)26-16(23)18-11-5-4-8-21(10-11)15-19-13-7-6-12(22(24)25)9-14(13)20-15/h6-7,9,11H,4-5,8,10H2,1-3H3,(H,18,23)(H,19,20)/t11-/m0/s1. The number of hydrogen-bond acceptors (Lipinski definition) is 6. The highest BCUT2D eigenvalue weighted by Gasteiger charge is 2.25. The topological polar surface area (TPSA) is 113 Å². The quantitative estimate of drug-likeness (QED) is 0.642. The average molecular weight is 361 g/mol. The second-order valence-corrected chi connectivity index (χ2v) is 7.45. The van der Waals surface area contributed by atoms with Gasteiger partial charge in [0.25, 0.3) is 5.69 Å². The molecule has 0 saturated carbocycles. The van der Waals surface area contributed by atoms with E-state index in [1.165, 1.54) is 12.1 Å². The first-order chi connectivity index (χ1) is 12.2. The Morgan fingerprint density at radius 1 is 1.46 bits per heavy atom. The molecule has 0 radical (unpaired) electrons. The number of hydrogen-bond donors (Lipinski definition) is 2. The summed E-state index contributed by atoms with van der Waals surface area (Å²) in [6.07, 6.45) is 1.34. The largest absolute Gasteiger partial charge is 0.444 e. The third-order valence-corrected chi connectivity index (χ3v) is 4.11. The maximum Gasteiger partial charge on any atom is 0.407 e. The van der Waals surface area contributed by atoms with E-state index in [-0.39, 0.29) is 11.7 Å². The van der Waals surface area contributed by atoms with E-state index in [4.69, 9.17) is 4.74 Å². The van der Waals surface area contributed by atoms with Gasteiger partial charge < -0.3 is 19.9 Å². The summed E-state index contributed by atoms with van der Waals surface area (Å²) in [5.41, 5.74) is 0.784. The summed E-state index contributed by atoms with van der Waals surface area (Å²) in [6, 6.07) is 4.51. The summed E-state index contributed by atoms with van der Waals surface area (Å²) >= 11 is 0. The molecular weight excluding hydrogens is 338 g/mol. The molecule has 1 aromatic heterocycles. The van der Waals surface area contributed by atoms with Crippen LogP contribution < -0.4 is 10.2 Å². The van der Waals surface area contributed by atoms with E-state index in [1.54, 1.807) is 6.07 Å². The third-order valence-electron chi connectivity index (χ3n) is 4.11. The van der Waals surface area contributed by atoms with Crippen molar-refractivity contribution in [1.29, 1.82) is 0 Å². The fourth-order valence-electron chi connectivity index (χ4n) is 3.01. The Hall–Kier alpha value is -2.84. The number of H-pyrrole nitrogens is 1. The Morgan fingerprint density at radius 2 is 2.23 bits per heavy atom. The highest BCUT2D eigenvalue weighted by Crippen LogP contribution is 2.24. The Balaban J connectivity index is 1.70. The van der Waals surface area contributed by atoms with Crippen LogP contribution in [0.2, 0.25) is 0 Å². The first-order valence-corrected chi connectivity index (χ1v) is 8.60. The predicted molar refractivity (Wildman–Crippen MR) is 97.4 cm³/mol. The van der Waals surface area contributed by atoms with E-state index in [2.05, 4.69) is 15.3 Å². The van der Waals surface area contributed by atoms with Gasteiger partial charge in [0.05, 0.1) is 16.0 Å². The first kappa shape index (κ1) is 18.0. The second-order valence-electron chi connectivity index (χ2n) is 7.45. The summed E-state index contributed by atoms with van der Waals surface area (Å²) in [5.74, 6) is 0.649. The van der Waals surface area contributed by atoms with Crippen molar-refractivity contribution in [3.8, 4) is 0 Å². The molecular formula is C17H23N5O4. The average Bonchev–Trinajstić information content (AvgIpc) is 2.96. The molecule has 2 heterocycles. The third kappa shape index (κ3) is 4.22. The highest BCUT2D eigenvalue weighted by atomic mass is 16.6. The fraction of sp³-hybridized carbons (Fsp3) is 0.529. The van der Waals surface area contributed by atoms with Crippen molar-refractivity contribution in [2.45, 2.75) is 45.3 Å². The number of ether oxygens (including phenoxy) is 1. The number of aromatic nitrogens is 2. The van der Waals surface area contributed by atoms with Crippen LogP contribution in [0.5, 0.6) is 0 Å². The number of carbonyl (C=O) groups excluding carboxylic acids is 1. The van der Waals surface area contributed by atoms with E-state index in [9.17, 15) is 14.9 Å². The maximum atomic E-state index is 12.0. The maximum absolute atomic E-state index is 12.0. The highest BCUT2D eigenvalue weighted by molar-refractivity contribution is 5.80.